The molecule has 3 heterocycles. The molecule has 0 unspecified atom stereocenters. The van der Waals surface area contributed by atoms with E-state index in [9.17, 15) is 14.4 Å². The van der Waals surface area contributed by atoms with Crippen LogP contribution in [0, 0.1) is 13.8 Å². The summed E-state index contributed by atoms with van der Waals surface area (Å²) in [6.07, 6.45) is 3.56. The minimum Gasteiger partial charge on any atom is -0.444 e. The molecular formula is C27H36N6O4. The van der Waals surface area contributed by atoms with Gasteiger partial charge in [-0.25, -0.2) is 15.2 Å². The van der Waals surface area contributed by atoms with Crippen LogP contribution in [-0.2, 0) is 27.4 Å². The molecule has 198 valence electrons. The molecule has 3 amide bonds. The fourth-order valence-electron chi connectivity index (χ4n) is 3.95. The van der Waals surface area contributed by atoms with Crippen LogP contribution in [0.5, 0.6) is 0 Å². The maximum absolute atomic E-state index is 13.0. The van der Waals surface area contributed by atoms with Crippen LogP contribution < -0.4 is 16.1 Å². The zero-order valence-corrected chi connectivity index (χ0v) is 22.4. The van der Waals surface area contributed by atoms with Crippen molar-refractivity contribution in [3.63, 3.8) is 0 Å². The van der Waals surface area contributed by atoms with Crippen LogP contribution in [0.4, 0.5) is 10.6 Å². The first-order valence-corrected chi connectivity index (χ1v) is 12.3. The molecule has 1 aliphatic heterocycles. The van der Waals surface area contributed by atoms with E-state index >= 15 is 0 Å². The molecule has 0 radical (unpaired) electrons. The van der Waals surface area contributed by atoms with Crippen LogP contribution >= 0.6 is 0 Å². The summed E-state index contributed by atoms with van der Waals surface area (Å²) in [5.41, 5.74) is 7.33. The van der Waals surface area contributed by atoms with E-state index in [1.807, 2.05) is 32.9 Å². The van der Waals surface area contributed by atoms with Crippen molar-refractivity contribution >= 4 is 23.7 Å². The van der Waals surface area contributed by atoms with Crippen LogP contribution in [0.3, 0.4) is 0 Å². The van der Waals surface area contributed by atoms with Crippen LogP contribution in [-0.4, -0.2) is 45.0 Å². The highest BCUT2D eigenvalue weighted by Crippen LogP contribution is 2.22. The lowest BCUT2D eigenvalue weighted by Crippen LogP contribution is -2.46. The van der Waals surface area contributed by atoms with Crippen molar-refractivity contribution in [3.8, 4) is 0 Å². The molecule has 0 bridgehead atoms. The van der Waals surface area contributed by atoms with Crippen molar-refractivity contribution in [2.24, 2.45) is 0 Å². The van der Waals surface area contributed by atoms with Gasteiger partial charge in [0.15, 0.2) is 0 Å². The molecule has 0 aromatic carbocycles. The van der Waals surface area contributed by atoms with Gasteiger partial charge in [-0.1, -0.05) is 11.6 Å². The number of aryl methyl sites for hydroxylation is 2. The van der Waals surface area contributed by atoms with Crippen LogP contribution in [0.1, 0.15) is 62.9 Å². The van der Waals surface area contributed by atoms with Crippen molar-refractivity contribution < 1.29 is 19.1 Å². The molecule has 0 fully saturated rings. The summed E-state index contributed by atoms with van der Waals surface area (Å²) >= 11 is 0. The Kier molecular flexibility index (Phi) is 8.99. The van der Waals surface area contributed by atoms with Gasteiger partial charge in [-0.3, -0.25) is 24.9 Å². The van der Waals surface area contributed by atoms with E-state index in [1.54, 1.807) is 44.2 Å². The number of rotatable bonds is 8. The summed E-state index contributed by atoms with van der Waals surface area (Å²) in [5, 5.41) is 7.12. The average Bonchev–Trinajstić information content (AvgIpc) is 2.80. The highest BCUT2D eigenvalue weighted by atomic mass is 16.6. The molecule has 1 aliphatic rings. The number of hydrogen-bond acceptors (Lipinski definition) is 7. The number of carbonyl (C=O) groups excluding carboxylic acids is 3. The Labute approximate surface area is 217 Å². The summed E-state index contributed by atoms with van der Waals surface area (Å²) in [6, 6.07) is 5.52. The summed E-state index contributed by atoms with van der Waals surface area (Å²) in [4.78, 5) is 46.4. The standard InChI is InChI=1S/C27H36N6O4/c1-17-9-11-33(30-15-20-8-7-10-28-14-20)25(35)21(17)13-24(34)29-16-22-18(2)12-23(31-19(22)3)32-26(36)37-27(4,5)6/h7-8,10,12,14,30H,9,11,13,15-16H2,1-6H3,(H,29,34)(H,31,32,36). The summed E-state index contributed by atoms with van der Waals surface area (Å²) in [7, 11) is 0. The predicted octanol–water partition coefficient (Wildman–Crippen LogP) is 3.70. The second-order valence-electron chi connectivity index (χ2n) is 10.1. The van der Waals surface area contributed by atoms with Crippen molar-refractivity contribution in [2.45, 2.75) is 73.1 Å². The second-order valence-corrected chi connectivity index (χ2v) is 10.1. The van der Waals surface area contributed by atoms with Crippen LogP contribution in [0.2, 0.25) is 0 Å². The zero-order chi connectivity index (χ0) is 27.2. The number of hydrogen-bond donors (Lipinski definition) is 3. The number of ether oxygens (including phenoxy) is 1. The number of pyridine rings is 2. The monoisotopic (exact) mass is 508 g/mol. The van der Waals surface area contributed by atoms with E-state index in [0.29, 0.717) is 36.6 Å². The van der Waals surface area contributed by atoms with E-state index in [4.69, 9.17) is 4.74 Å². The van der Waals surface area contributed by atoms with Gasteiger partial charge >= 0.3 is 6.09 Å². The zero-order valence-electron chi connectivity index (χ0n) is 22.4. The third-order valence-corrected chi connectivity index (χ3v) is 5.91. The van der Waals surface area contributed by atoms with Gasteiger partial charge in [0, 0.05) is 43.3 Å². The molecule has 0 saturated carbocycles. The Balaban J connectivity index is 1.57. The molecule has 2 aromatic heterocycles. The Bertz CT molecular complexity index is 1160. The Morgan fingerprint density at radius 1 is 1.16 bits per heavy atom. The molecule has 10 heteroatoms. The summed E-state index contributed by atoms with van der Waals surface area (Å²) in [5.74, 6) is -0.0484. The maximum Gasteiger partial charge on any atom is 0.413 e. The highest BCUT2D eigenvalue weighted by Gasteiger charge is 2.27. The van der Waals surface area contributed by atoms with Gasteiger partial charge in [-0.15, -0.1) is 0 Å². The molecule has 2 aromatic rings. The molecule has 3 N–H and O–H groups in total. The number of anilines is 1. The first-order chi connectivity index (χ1) is 17.4. The highest BCUT2D eigenvalue weighted by molar-refractivity contribution is 5.99. The van der Waals surface area contributed by atoms with Crippen molar-refractivity contribution in [3.05, 3.63) is 64.1 Å². The minimum absolute atomic E-state index is 0.000450. The lowest BCUT2D eigenvalue weighted by molar-refractivity contribution is -0.132. The van der Waals surface area contributed by atoms with Crippen LogP contribution in [0.15, 0.2) is 41.7 Å². The smallest absolute Gasteiger partial charge is 0.413 e. The second kappa shape index (κ2) is 12.0. The topological polar surface area (TPSA) is 126 Å². The van der Waals surface area contributed by atoms with E-state index in [0.717, 1.165) is 22.3 Å². The van der Waals surface area contributed by atoms with E-state index < -0.39 is 11.7 Å². The number of nitrogens with zero attached hydrogens (tertiary/aromatic N) is 3. The lowest BCUT2D eigenvalue weighted by atomic mass is 9.98. The minimum atomic E-state index is -0.613. The number of amides is 3. The molecule has 10 nitrogen and oxygen atoms in total. The first kappa shape index (κ1) is 27.8. The van der Waals surface area contributed by atoms with Gasteiger partial charge in [-0.2, -0.15) is 0 Å². The quantitative estimate of drug-likeness (QED) is 0.496. The molecule has 3 rings (SSSR count). The van der Waals surface area contributed by atoms with Crippen molar-refractivity contribution in [1.82, 2.24) is 25.7 Å². The maximum atomic E-state index is 13.0. The molecule has 0 spiro atoms. The first-order valence-electron chi connectivity index (χ1n) is 12.3. The van der Waals surface area contributed by atoms with Gasteiger partial charge in [-0.05, 0) is 76.8 Å². The predicted molar refractivity (Wildman–Crippen MR) is 140 cm³/mol. The van der Waals surface area contributed by atoms with Gasteiger partial charge < -0.3 is 10.1 Å². The van der Waals surface area contributed by atoms with E-state index in [2.05, 4.69) is 26.0 Å². The fraction of sp³-hybridized carbons (Fsp3) is 0.444. The van der Waals surface area contributed by atoms with E-state index in [-0.39, 0.29) is 24.8 Å². The number of aromatic nitrogens is 2. The van der Waals surface area contributed by atoms with E-state index in [1.165, 1.54) is 0 Å². The average molecular weight is 509 g/mol. The number of hydrazine groups is 1. The Hall–Kier alpha value is -3.79. The molecule has 37 heavy (non-hydrogen) atoms. The molecule has 0 atom stereocenters. The summed E-state index contributed by atoms with van der Waals surface area (Å²) in [6.45, 7) is 12.3. The molecule has 0 aliphatic carbocycles. The number of nitrogens with one attached hydrogen (secondary N) is 3. The summed E-state index contributed by atoms with van der Waals surface area (Å²) < 4.78 is 5.28. The van der Waals surface area contributed by atoms with Crippen LogP contribution in [0.25, 0.3) is 0 Å². The van der Waals surface area contributed by atoms with Gasteiger partial charge in [0.1, 0.15) is 11.4 Å². The Morgan fingerprint density at radius 3 is 2.57 bits per heavy atom. The normalized spacial score (nSPS) is 14.0. The Morgan fingerprint density at radius 2 is 1.92 bits per heavy atom. The van der Waals surface area contributed by atoms with Crippen molar-refractivity contribution in [2.75, 3.05) is 11.9 Å². The fourth-order valence-corrected chi connectivity index (χ4v) is 3.95. The molecular weight excluding hydrogens is 472 g/mol. The third-order valence-electron chi connectivity index (χ3n) is 5.91. The number of carbonyl (C=O) groups is 3. The molecule has 0 saturated heterocycles. The van der Waals surface area contributed by atoms with Gasteiger partial charge in [0.05, 0.1) is 6.42 Å². The lowest BCUT2D eigenvalue weighted by Gasteiger charge is -2.30. The van der Waals surface area contributed by atoms with Gasteiger partial charge in [0.25, 0.3) is 5.91 Å². The third kappa shape index (κ3) is 8.11. The largest absolute Gasteiger partial charge is 0.444 e. The van der Waals surface area contributed by atoms with Gasteiger partial charge in [0.2, 0.25) is 5.91 Å². The van der Waals surface area contributed by atoms with Crippen molar-refractivity contribution in [1.29, 1.82) is 0 Å². The SMILES string of the molecule is CC1=C(CC(=O)NCc2c(C)cc(NC(=O)OC(C)(C)C)nc2C)C(=O)N(NCc2cccnc2)CC1.